The molecule has 3 nitrogen and oxygen atoms in total. The number of nitrogens with zero attached hydrogens (tertiary/aromatic N) is 2. The minimum Gasteiger partial charge on any atom is -0.294 e. The van der Waals surface area contributed by atoms with E-state index in [-0.39, 0.29) is 5.78 Å². The molecule has 1 aliphatic carbocycles. The van der Waals surface area contributed by atoms with Crippen molar-refractivity contribution in [1.29, 1.82) is 0 Å². The van der Waals surface area contributed by atoms with E-state index in [9.17, 15) is 4.79 Å². The Kier molecular flexibility index (Phi) is 2.71. The van der Waals surface area contributed by atoms with Gasteiger partial charge in [-0.05, 0) is 44.0 Å². The third kappa shape index (κ3) is 1.75. The first-order chi connectivity index (χ1) is 8.66. The van der Waals surface area contributed by atoms with Crippen molar-refractivity contribution in [2.24, 2.45) is 0 Å². The van der Waals surface area contributed by atoms with Gasteiger partial charge in [0.2, 0.25) is 0 Å². The molecule has 1 aromatic heterocycles. The zero-order valence-electron chi connectivity index (χ0n) is 10.1. The van der Waals surface area contributed by atoms with Crippen LogP contribution in [0.4, 0.5) is 0 Å². The van der Waals surface area contributed by atoms with Crippen LogP contribution in [0, 0.1) is 6.92 Å². The van der Waals surface area contributed by atoms with Gasteiger partial charge in [-0.1, -0.05) is 11.6 Å². The van der Waals surface area contributed by atoms with Gasteiger partial charge < -0.3 is 0 Å². The summed E-state index contributed by atoms with van der Waals surface area (Å²) < 4.78 is 1.87. The van der Waals surface area contributed by atoms with Crippen LogP contribution >= 0.6 is 11.6 Å². The molecule has 2 aromatic rings. The number of benzene rings is 1. The molecule has 0 bridgehead atoms. The van der Waals surface area contributed by atoms with E-state index in [1.807, 2.05) is 35.9 Å². The molecule has 0 spiro atoms. The average molecular weight is 261 g/mol. The molecule has 1 aromatic carbocycles. The van der Waals surface area contributed by atoms with Gasteiger partial charge in [-0.25, -0.2) is 4.68 Å². The molecule has 1 heterocycles. The third-order valence-corrected chi connectivity index (χ3v) is 3.58. The van der Waals surface area contributed by atoms with Crippen molar-refractivity contribution in [3.8, 4) is 5.69 Å². The molecule has 0 aliphatic heterocycles. The fraction of sp³-hybridized carbons (Fsp3) is 0.286. The molecular formula is C14H13ClN2O. The molecule has 1 aliphatic rings. The van der Waals surface area contributed by atoms with Gasteiger partial charge in [0.15, 0.2) is 5.78 Å². The summed E-state index contributed by atoms with van der Waals surface area (Å²) in [6, 6.07) is 7.53. The second kappa shape index (κ2) is 4.25. The Morgan fingerprint density at radius 1 is 1.22 bits per heavy atom. The van der Waals surface area contributed by atoms with E-state index in [2.05, 4.69) is 5.10 Å². The number of halogens is 1. The maximum absolute atomic E-state index is 11.9. The first kappa shape index (κ1) is 11.5. The van der Waals surface area contributed by atoms with E-state index >= 15 is 0 Å². The fourth-order valence-electron chi connectivity index (χ4n) is 2.51. The summed E-state index contributed by atoms with van der Waals surface area (Å²) in [6.45, 7) is 1.90. The lowest BCUT2D eigenvalue weighted by molar-refractivity contribution is 0.0971. The van der Waals surface area contributed by atoms with Crippen molar-refractivity contribution in [3.05, 3.63) is 46.2 Å². The molecule has 3 rings (SSSR count). The van der Waals surface area contributed by atoms with E-state index in [1.165, 1.54) is 0 Å². The predicted octanol–water partition coefficient (Wildman–Crippen LogP) is 3.35. The lowest BCUT2D eigenvalue weighted by atomic mass is 9.95. The molecule has 0 amide bonds. The minimum atomic E-state index is 0.217. The van der Waals surface area contributed by atoms with Gasteiger partial charge in [-0.2, -0.15) is 5.10 Å². The highest BCUT2D eigenvalue weighted by atomic mass is 35.5. The largest absolute Gasteiger partial charge is 0.294 e. The van der Waals surface area contributed by atoms with Gasteiger partial charge in [-0.15, -0.1) is 0 Å². The van der Waals surface area contributed by atoms with Crippen molar-refractivity contribution in [2.75, 3.05) is 0 Å². The van der Waals surface area contributed by atoms with Gasteiger partial charge in [0.05, 0.1) is 22.6 Å². The van der Waals surface area contributed by atoms with E-state index in [4.69, 9.17) is 11.6 Å². The topological polar surface area (TPSA) is 34.9 Å². The van der Waals surface area contributed by atoms with Gasteiger partial charge in [0.25, 0.3) is 0 Å². The number of fused-ring (bicyclic) bond motifs is 1. The Hall–Kier alpha value is -1.61. The van der Waals surface area contributed by atoms with Crippen LogP contribution in [0.1, 0.15) is 34.6 Å². The fourth-order valence-corrected chi connectivity index (χ4v) is 2.63. The maximum Gasteiger partial charge on any atom is 0.166 e. The second-order valence-electron chi connectivity index (χ2n) is 4.57. The molecule has 0 radical (unpaired) electrons. The van der Waals surface area contributed by atoms with Crippen LogP contribution in [0.3, 0.4) is 0 Å². The molecule has 0 atom stereocenters. The number of carbonyl (C=O) groups excluding carboxylic acids is 1. The zero-order valence-corrected chi connectivity index (χ0v) is 10.9. The number of hydrogen-bond acceptors (Lipinski definition) is 2. The van der Waals surface area contributed by atoms with Crippen molar-refractivity contribution in [2.45, 2.75) is 26.2 Å². The molecule has 0 fully saturated rings. The Balaban J connectivity index is 2.16. The number of Topliss-reactive ketones (excluding diaryl/α,β-unsaturated/α-hetero) is 1. The van der Waals surface area contributed by atoms with Gasteiger partial charge in [0.1, 0.15) is 0 Å². The van der Waals surface area contributed by atoms with Crippen LogP contribution in [0.25, 0.3) is 5.69 Å². The van der Waals surface area contributed by atoms with Crippen molar-refractivity contribution in [1.82, 2.24) is 9.78 Å². The Morgan fingerprint density at radius 2 is 1.94 bits per heavy atom. The van der Waals surface area contributed by atoms with Crippen molar-refractivity contribution < 1.29 is 4.79 Å². The van der Waals surface area contributed by atoms with E-state index in [0.717, 1.165) is 35.5 Å². The van der Waals surface area contributed by atoms with E-state index < -0.39 is 0 Å². The van der Waals surface area contributed by atoms with Crippen LogP contribution in [-0.4, -0.2) is 15.6 Å². The Morgan fingerprint density at radius 3 is 2.67 bits per heavy atom. The summed E-state index contributed by atoms with van der Waals surface area (Å²) in [5, 5.41) is 5.20. The molecule has 0 unspecified atom stereocenters. The van der Waals surface area contributed by atoms with Crippen LogP contribution in [-0.2, 0) is 6.42 Å². The number of rotatable bonds is 1. The number of aromatic nitrogens is 2. The summed E-state index contributed by atoms with van der Waals surface area (Å²) in [5.41, 5.74) is 3.63. The smallest absolute Gasteiger partial charge is 0.166 e. The molecule has 4 heteroatoms. The van der Waals surface area contributed by atoms with Crippen LogP contribution in [0.5, 0.6) is 0 Å². The minimum absolute atomic E-state index is 0.217. The first-order valence-corrected chi connectivity index (χ1v) is 6.42. The quantitative estimate of drug-likeness (QED) is 0.788. The zero-order chi connectivity index (χ0) is 12.7. The molecule has 0 N–H and O–H groups in total. The Bertz CT molecular complexity index is 613. The van der Waals surface area contributed by atoms with Crippen molar-refractivity contribution in [3.63, 3.8) is 0 Å². The second-order valence-corrected chi connectivity index (χ2v) is 5.01. The summed E-state index contributed by atoms with van der Waals surface area (Å²) >= 11 is 5.89. The lowest BCUT2D eigenvalue weighted by Crippen LogP contribution is -2.13. The number of ketones is 1. The monoisotopic (exact) mass is 260 g/mol. The van der Waals surface area contributed by atoms with Gasteiger partial charge >= 0.3 is 0 Å². The SMILES string of the molecule is Cc1nn(-c2ccc(Cl)cc2)c2c1C(=O)CCC2. The third-order valence-electron chi connectivity index (χ3n) is 3.32. The number of aryl methyl sites for hydroxylation is 1. The first-order valence-electron chi connectivity index (χ1n) is 6.04. The highest BCUT2D eigenvalue weighted by molar-refractivity contribution is 6.30. The van der Waals surface area contributed by atoms with E-state index in [0.29, 0.717) is 11.4 Å². The molecule has 18 heavy (non-hydrogen) atoms. The normalized spacial score (nSPS) is 14.7. The van der Waals surface area contributed by atoms with Crippen LogP contribution in [0.2, 0.25) is 5.02 Å². The molecule has 92 valence electrons. The Labute approximate surface area is 110 Å². The average Bonchev–Trinajstić information content (AvgIpc) is 2.69. The summed E-state index contributed by atoms with van der Waals surface area (Å²) in [7, 11) is 0. The molecule has 0 saturated heterocycles. The van der Waals surface area contributed by atoms with Crippen LogP contribution in [0.15, 0.2) is 24.3 Å². The summed E-state index contributed by atoms with van der Waals surface area (Å²) in [5.74, 6) is 0.217. The van der Waals surface area contributed by atoms with Crippen molar-refractivity contribution >= 4 is 17.4 Å². The van der Waals surface area contributed by atoms with Gasteiger partial charge in [0, 0.05) is 11.4 Å². The summed E-state index contributed by atoms with van der Waals surface area (Å²) in [6.07, 6.45) is 2.45. The standard InChI is InChI=1S/C14H13ClN2O/c1-9-14-12(3-2-4-13(14)18)17(16-9)11-7-5-10(15)6-8-11/h5-8H,2-4H2,1H3. The van der Waals surface area contributed by atoms with E-state index in [1.54, 1.807) is 0 Å². The molecule has 0 saturated carbocycles. The highest BCUT2D eigenvalue weighted by Crippen LogP contribution is 2.26. The predicted molar refractivity (Wildman–Crippen MR) is 70.6 cm³/mol. The number of carbonyl (C=O) groups is 1. The molecular weight excluding hydrogens is 248 g/mol. The lowest BCUT2D eigenvalue weighted by Gasteiger charge is -2.13. The van der Waals surface area contributed by atoms with Crippen LogP contribution < -0.4 is 0 Å². The summed E-state index contributed by atoms with van der Waals surface area (Å²) in [4.78, 5) is 11.9. The highest BCUT2D eigenvalue weighted by Gasteiger charge is 2.25. The maximum atomic E-state index is 11.9. The number of hydrogen-bond donors (Lipinski definition) is 0. The van der Waals surface area contributed by atoms with Gasteiger partial charge in [-0.3, -0.25) is 4.79 Å².